The number of aliphatic hydroxyl groups is 1. The number of benzene rings is 2. The molecule has 1 amide bonds. The second-order valence-electron chi connectivity index (χ2n) is 8.14. The van der Waals surface area contributed by atoms with Gasteiger partial charge in [0.1, 0.15) is 28.9 Å². The predicted octanol–water partition coefficient (Wildman–Crippen LogP) is 4.29. The summed E-state index contributed by atoms with van der Waals surface area (Å²) in [4.78, 5) is 44.6. The molecule has 1 aliphatic heterocycles. The first-order valence-electron chi connectivity index (χ1n) is 11.6. The molecule has 37 heavy (non-hydrogen) atoms. The molecule has 1 fully saturated rings. The number of ether oxygens (including phenoxy) is 3. The first-order chi connectivity index (χ1) is 17.9. The number of carbonyl (C=O) groups excluding carboxylic acids is 3. The number of amides is 1. The van der Waals surface area contributed by atoms with Crippen LogP contribution in [0.25, 0.3) is 5.76 Å². The standard InChI is InChI=1S/C28H26N2O7/c1-4-16-37-28(34)17-11-13-18(14-12-17)30-24(19-8-5-6-15-29-19)23(26(32)27(30)33)25(31)22-20(35-2)9-7-10-21(22)36-3/h5-15,24,31H,4,16H2,1-3H3/b25-23+. The molecule has 190 valence electrons. The Morgan fingerprint density at radius 3 is 2.22 bits per heavy atom. The van der Waals surface area contributed by atoms with E-state index >= 15 is 0 Å². The minimum absolute atomic E-state index is 0.139. The summed E-state index contributed by atoms with van der Waals surface area (Å²) in [7, 11) is 2.85. The van der Waals surface area contributed by atoms with Crippen LogP contribution in [0.1, 0.15) is 41.0 Å². The minimum Gasteiger partial charge on any atom is -0.506 e. The molecule has 9 heteroatoms. The van der Waals surface area contributed by atoms with E-state index in [1.807, 2.05) is 6.92 Å². The van der Waals surface area contributed by atoms with Gasteiger partial charge < -0.3 is 19.3 Å². The molecule has 1 atom stereocenters. The fraction of sp³-hybridized carbons (Fsp3) is 0.214. The smallest absolute Gasteiger partial charge is 0.338 e. The monoisotopic (exact) mass is 502 g/mol. The summed E-state index contributed by atoms with van der Waals surface area (Å²) in [6, 6.07) is 15.1. The highest BCUT2D eigenvalue weighted by atomic mass is 16.5. The maximum Gasteiger partial charge on any atom is 0.338 e. The van der Waals surface area contributed by atoms with Crippen molar-refractivity contribution in [2.24, 2.45) is 0 Å². The molecule has 1 N–H and O–H groups in total. The van der Waals surface area contributed by atoms with Gasteiger partial charge in [0.25, 0.3) is 11.7 Å². The van der Waals surface area contributed by atoms with E-state index in [4.69, 9.17) is 14.2 Å². The van der Waals surface area contributed by atoms with Crippen LogP contribution in [0.3, 0.4) is 0 Å². The zero-order valence-corrected chi connectivity index (χ0v) is 20.6. The highest BCUT2D eigenvalue weighted by Gasteiger charge is 2.48. The van der Waals surface area contributed by atoms with Crippen LogP contribution in [0, 0.1) is 0 Å². The lowest BCUT2D eigenvalue weighted by molar-refractivity contribution is -0.132. The largest absolute Gasteiger partial charge is 0.506 e. The lowest BCUT2D eigenvalue weighted by Crippen LogP contribution is -2.29. The number of aromatic nitrogens is 1. The molecule has 1 aliphatic rings. The van der Waals surface area contributed by atoms with E-state index in [9.17, 15) is 19.5 Å². The molecule has 3 aromatic rings. The number of nitrogens with zero attached hydrogens (tertiary/aromatic N) is 2. The van der Waals surface area contributed by atoms with Crippen molar-refractivity contribution in [2.75, 3.05) is 25.7 Å². The van der Waals surface area contributed by atoms with Crippen molar-refractivity contribution in [3.8, 4) is 11.5 Å². The molecule has 2 aromatic carbocycles. The van der Waals surface area contributed by atoms with Gasteiger partial charge in [-0.1, -0.05) is 19.1 Å². The van der Waals surface area contributed by atoms with Crippen LogP contribution >= 0.6 is 0 Å². The number of hydrogen-bond donors (Lipinski definition) is 1. The molecule has 2 heterocycles. The minimum atomic E-state index is -1.05. The van der Waals surface area contributed by atoms with Gasteiger partial charge in [-0.3, -0.25) is 19.5 Å². The van der Waals surface area contributed by atoms with E-state index in [1.54, 1.807) is 48.5 Å². The zero-order chi connectivity index (χ0) is 26.5. The second kappa shape index (κ2) is 10.9. The Hall–Kier alpha value is -4.66. The maximum absolute atomic E-state index is 13.4. The van der Waals surface area contributed by atoms with Gasteiger partial charge in [-0.2, -0.15) is 0 Å². The SMILES string of the molecule is CCCOC(=O)c1ccc(N2C(=O)C(=O)/C(=C(/O)c3c(OC)cccc3OC)C2c2ccccn2)cc1. The first kappa shape index (κ1) is 25.4. The number of hydrogen-bond acceptors (Lipinski definition) is 8. The van der Waals surface area contributed by atoms with Crippen molar-refractivity contribution in [3.05, 3.63) is 89.3 Å². The Bertz CT molecular complexity index is 1330. The number of aliphatic hydroxyl groups excluding tert-OH is 1. The van der Waals surface area contributed by atoms with Crippen LogP contribution in [0.4, 0.5) is 5.69 Å². The highest BCUT2D eigenvalue weighted by molar-refractivity contribution is 6.51. The van der Waals surface area contributed by atoms with Crippen molar-refractivity contribution < 1.29 is 33.7 Å². The van der Waals surface area contributed by atoms with Crippen LogP contribution in [0.15, 0.2) is 72.4 Å². The number of esters is 1. The molecule has 0 saturated carbocycles. The first-order valence-corrected chi connectivity index (χ1v) is 11.6. The summed E-state index contributed by atoms with van der Waals surface area (Å²) >= 11 is 0. The Balaban J connectivity index is 1.87. The third kappa shape index (κ3) is 4.75. The Labute approximate surface area is 213 Å². The third-order valence-electron chi connectivity index (χ3n) is 5.90. The summed E-state index contributed by atoms with van der Waals surface area (Å²) in [5, 5.41) is 11.5. The fourth-order valence-corrected chi connectivity index (χ4v) is 4.17. The summed E-state index contributed by atoms with van der Waals surface area (Å²) in [5.74, 6) is -2.17. The number of pyridine rings is 1. The van der Waals surface area contributed by atoms with Gasteiger partial charge in [-0.05, 0) is 55.0 Å². The average Bonchev–Trinajstić information content (AvgIpc) is 3.21. The van der Waals surface area contributed by atoms with E-state index in [2.05, 4.69) is 4.98 Å². The van der Waals surface area contributed by atoms with Crippen LogP contribution < -0.4 is 14.4 Å². The maximum atomic E-state index is 13.4. The Kier molecular flexibility index (Phi) is 7.52. The number of Topliss-reactive ketones (excluding diaryl/α,β-unsaturated/α-hetero) is 1. The summed E-state index contributed by atoms with van der Waals surface area (Å²) in [5.41, 5.74) is 0.986. The quantitative estimate of drug-likeness (QED) is 0.210. The molecule has 0 aliphatic carbocycles. The highest BCUT2D eigenvalue weighted by Crippen LogP contribution is 2.44. The van der Waals surface area contributed by atoms with Gasteiger partial charge in [-0.25, -0.2) is 4.79 Å². The van der Waals surface area contributed by atoms with Crippen molar-refractivity contribution in [1.29, 1.82) is 0 Å². The van der Waals surface area contributed by atoms with Gasteiger partial charge >= 0.3 is 5.97 Å². The van der Waals surface area contributed by atoms with Gasteiger partial charge in [0.15, 0.2) is 0 Å². The molecule has 1 saturated heterocycles. The third-order valence-corrected chi connectivity index (χ3v) is 5.90. The van der Waals surface area contributed by atoms with E-state index in [0.29, 0.717) is 30.0 Å². The lowest BCUT2D eigenvalue weighted by atomic mass is 9.97. The molecular weight excluding hydrogens is 476 g/mol. The van der Waals surface area contributed by atoms with Gasteiger partial charge in [-0.15, -0.1) is 0 Å². The van der Waals surface area contributed by atoms with Crippen LogP contribution in [0.5, 0.6) is 11.5 Å². The van der Waals surface area contributed by atoms with E-state index in [0.717, 1.165) is 0 Å². The van der Waals surface area contributed by atoms with Crippen LogP contribution in [-0.2, 0) is 14.3 Å². The van der Waals surface area contributed by atoms with Crippen molar-refractivity contribution in [1.82, 2.24) is 4.98 Å². The molecule has 0 radical (unpaired) electrons. The number of methoxy groups -OCH3 is 2. The van der Waals surface area contributed by atoms with Gasteiger partial charge in [0, 0.05) is 11.9 Å². The molecule has 0 spiro atoms. The number of rotatable bonds is 8. The molecule has 9 nitrogen and oxygen atoms in total. The molecular formula is C28H26N2O7. The summed E-state index contributed by atoms with van der Waals surface area (Å²) in [6.45, 7) is 2.19. The van der Waals surface area contributed by atoms with Crippen molar-refractivity contribution in [3.63, 3.8) is 0 Å². The Morgan fingerprint density at radius 1 is 0.973 bits per heavy atom. The van der Waals surface area contributed by atoms with E-state index in [-0.39, 0.29) is 22.6 Å². The zero-order valence-electron chi connectivity index (χ0n) is 20.6. The molecule has 4 rings (SSSR count). The average molecular weight is 503 g/mol. The summed E-state index contributed by atoms with van der Waals surface area (Å²) < 4.78 is 16.0. The number of ketones is 1. The molecule has 1 unspecified atom stereocenters. The second-order valence-corrected chi connectivity index (χ2v) is 8.14. The normalized spacial score (nSPS) is 16.5. The van der Waals surface area contributed by atoms with E-state index in [1.165, 1.54) is 37.4 Å². The predicted molar refractivity (Wildman–Crippen MR) is 136 cm³/mol. The Morgan fingerprint density at radius 2 is 1.65 bits per heavy atom. The van der Waals surface area contributed by atoms with Crippen molar-refractivity contribution >= 4 is 29.1 Å². The molecule has 0 bridgehead atoms. The molecule has 1 aromatic heterocycles. The van der Waals surface area contributed by atoms with Crippen molar-refractivity contribution in [2.45, 2.75) is 19.4 Å². The van der Waals surface area contributed by atoms with Gasteiger partial charge in [0.2, 0.25) is 0 Å². The van der Waals surface area contributed by atoms with E-state index < -0.39 is 29.5 Å². The number of anilines is 1. The fourth-order valence-electron chi connectivity index (χ4n) is 4.17. The van der Waals surface area contributed by atoms with Crippen LogP contribution in [0.2, 0.25) is 0 Å². The lowest BCUT2D eigenvalue weighted by Gasteiger charge is -2.25. The number of carbonyl (C=O) groups is 3. The topological polar surface area (TPSA) is 115 Å². The van der Waals surface area contributed by atoms with Gasteiger partial charge in [0.05, 0.1) is 37.7 Å². The van der Waals surface area contributed by atoms with Crippen LogP contribution in [-0.4, -0.2) is 48.6 Å². The summed E-state index contributed by atoms with van der Waals surface area (Å²) in [6.07, 6.45) is 2.22.